The Labute approximate surface area is 139 Å². The molecule has 0 radical (unpaired) electrons. The first-order valence-electron chi connectivity index (χ1n) is 8.21. The molecule has 0 spiro atoms. The van der Waals surface area contributed by atoms with Gasteiger partial charge in [-0.05, 0) is 25.3 Å². The zero-order valence-electron chi connectivity index (χ0n) is 13.5. The Hall–Kier alpha value is -2.64. The van der Waals surface area contributed by atoms with Crippen molar-refractivity contribution in [1.82, 2.24) is 20.2 Å². The predicted molar refractivity (Wildman–Crippen MR) is 88.2 cm³/mol. The number of nitrogens with one attached hydrogen (secondary N) is 2. The molecule has 126 valence electrons. The summed E-state index contributed by atoms with van der Waals surface area (Å²) in [5.41, 5.74) is 1.17. The van der Waals surface area contributed by atoms with E-state index in [1.54, 1.807) is 6.20 Å². The van der Waals surface area contributed by atoms with Crippen LogP contribution in [0.5, 0.6) is 0 Å². The number of anilines is 3. The summed E-state index contributed by atoms with van der Waals surface area (Å²) in [5.74, 6) is 2.42. The van der Waals surface area contributed by atoms with Crippen molar-refractivity contribution in [2.45, 2.75) is 25.2 Å². The van der Waals surface area contributed by atoms with Crippen LogP contribution in [-0.2, 0) is 9.53 Å². The molecule has 2 fully saturated rings. The van der Waals surface area contributed by atoms with Crippen molar-refractivity contribution in [3.05, 3.63) is 24.0 Å². The SMILES string of the molecule is COC(=O)C1CCN(c2nccc(Nc3cc(C4CC4)[nH]n3)n2)C1. The van der Waals surface area contributed by atoms with Crippen molar-refractivity contribution in [1.29, 1.82) is 0 Å². The number of rotatable bonds is 5. The summed E-state index contributed by atoms with van der Waals surface area (Å²) in [6.45, 7) is 1.34. The summed E-state index contributed by atoms with van der Waals surface area (Å²) in [6, 6.07) is 3.84. The molecule has 3 heterocycles. The van der Waals surface area contributed by atoms with E-state index in [2.05, 4.69) is 25.5 Å². The summed E-state index contributed by atoms with van der Waals surface area (Å²) in [4.78, 5) is 22.5. The number of hydrogen-bond acceptors (Lipinski definition) is 7. The van der Waals surface area contributed by atoms with Gasteiger partial charge in [-0.1, -0.05) is 0 Å². The molecule has 2 aromatic rings. The monoisotopic (exact) mass is 328 g/mol. The number of carbonyl (C=O) groups excluding carboxylic acids is 1. The molecule has 0 aromatic carbocycles. The maximum atomic E-state index is 11.6. The minimum Gasteiger partial charge on any atom is -0.469 e. The normalized spacial score (nSPS) is 20.2. The third-order valence-electron chi connectivity index (χ3n) is 4.52. The number of aromatic amines is 1. The lowest BCUT2D eigenvalue weighted by atomic mass is 10.1. The first kappa shape index (κ1) is 14.9. The molecule has 8 heteroatoms. The van der Waals surface area contributed by atoms with Crippen LogP contribution in [0.3, 0.4) is 0 Å². The lowest BCUT2D eigenvalue weighted by molar-refractivity contribution is -0.144. The fourth-order valence-corrected chi connectivity index (χ4v) is 3.01. The predicted octanol–water partition coefficient (Wildman–Crippen LogP) is 1.82. The third kappa shape index (κ3) is 3.04. The number of ether oxygens (including phenoxy) is 1. The Morgan fingerprint density at radius 2 is 2.25 bits per heavy atom. The third-order valence-corrected chi connectivity index (χ3v) is 4.52. The summed E-state index contributed by atoms with van der Waals surface area (Å²) < 4.78 is 4.82. The first-order chi connectivity index (χ1) is 11.7. The molecule has 4 rings (SSSR count). The Morgan fingerprint density at radius 3 is 3.04 bits per heavy atom. The number of carbonyl (C=O) groups is 1. The second-order valence-corrected chi connectivity index (χ2v) is 6.30. The average molecular weight is 328 g/mol. The van der Waals surface area contributed by atoms with E-state index in [1.807, 2.05) is 17.0 Å². The van der Waals surface area contributed by atoms with Gasteiger partial charge in [-0.2, -0.15) is 10.1 Å². The van der Waals surface area contributed by atoms with Crippen molar-refractivity contribution < 1.29 is 9.53 Å². The average Bonchev–Trinajstić information content (AvgIpc) is 3.15. The van der Waals surface area contributed by atoms with Crippen LogP contribution in [-0.4, -0.2) is 46.3 Å². The van der Waals surface area contributed by atoms with Gasteiger partial charge in [-0.15, -0.1) is 0 Å². The molecule has 24 heavy (non-hydrogen) atoms. The van der Waals surface area contributed by atoms with Gasteiger partial charge in [0, 0.05) is 37.0 Å². The van der Waals surface area contributed by atoms with Crippen LogP contribution in [0.15, 0.2) is 18.3 Å². The van der Waals surface area contributed by atoms with E-state index in [9.17, 15) is 4.79 Å². The van der Waals surface area contributed by atoms with Gasteiger partial charge in [0.25, 0.3) is 0 Å². The molecule has 1 aliphatic heterocycles. The second-order valence-electron chi connectivity index (χ2n) is 6.30. The fourth-order valence-electron chi connectivity index (χ4n) is 3.01. The molecule has 1 saturated heterocycles. The molecule has 1 unspecified atom stereocenters. The molecule has 0 bridgehead atoms. The maximum absolute atomic E-state index is 11.6. The van der Waals surface area contributed by atoms with Crippen molar-refractivity contribution in [3.8, 4) is 0 Å². The van der Waals surface area contributed by atoms with E-state index in [1.165, 1.54) is 25.6 Å². The molecule has 1 saturated carbocycles. The minimum atomic E-state index is -0.170. The smallest absolute Gasteiger partial charge is 0.310 e. The van der Waals surface area contributed by atoms with Crippen LogP contribution in [0.1, 0.15) is 30.9 Å². The number of nitrogens with zero attached hydrogens (tertiary/aromatic N) is 4. The topological polar surface area (TPSA) is 96.0 Å². The van der Waals surface area contributed by atoms with E-state index in [0.717, 1.165) is 18.8 Å². The van der Waals surface area contributed by atoms with E-state index in [4.69, 9.17) is 4.74 Å². The minimum absolute atomic E-state index is 0.109. The van der Waals surface area contributed by atoms with Gasteiger partial charge in [0.15, 0.2) is 5.82 Å². The van der Waals surface area contributed by atoms with Gasteiger partial charge in [-0.25, -0.2) is 4.98 Å². The van der Waals surface area contributed by atoms with Crippen molar-refractivity contribution in [2.24, 2.45) is 5.92 Å². The lowest BCUT2D eigenvalue weighted by Crippen LogP contribution is -2.25. The largest absolute Gasteiger partial charge is 0.469 e. The standard InChI is InChI=1S/C16H20N6O2/c1-24-15(23)11-5-7-22(9-11)16-17-6-4-13(19-16)18-14-8-12(20-21-14)10-2-3-10/h4,6,8,10-11H,2-3,5,7,9H2,1H3,(H2,17,18,19,20,21). The molecule has 2 N–H and O–H groups in total. The molecule has 2 aliphatic rings. The van der Waals surface area contributed by atoms with Gasteiger partial charge in [0.1, 0.15) is 5.82 Å². The van der Waals surface area contributed by atoms with Crippen molar-refractivity contribution >= 4 is 23.6 Å². The zero-order chi connectivity index (χ0) is 16.5. The first-order valence-corrected chi connectivity index (χ1v) is 8.21. The van der Waals surface area contributed by atoms with Gasteiger partial charge < -0.3 is 15.0 Å². The van der Waals surface area contributed by atoms with Crippen LogP contribution in [0.2, 0.25) is 0 Å². The van der Waals surface area contributed by atoms with Crippen molar-refractivity contribution in [3.63, 3.8) is 0 Å². The Morgan fingerprint density at radius 1 is 1.38 bits per heavy atom. The summed E-state index contributed by atoms with van der Waals surface area (Å²) >= 11 is 0. The van der Waals surface area contributed by atoms with Gasteiger partial charge in [0.2, 0.25) is 5.95 Å². The highest BCUT2D eigenvalue weighted by Crippen LogP contribution is 2.39. The Kier molecular flexibility index (Phi) is 3.79. The second kappa shape index (κ2) is 6.10. The van der Waals surface area contributed by atoms with E-state index >= 15 is 0 Å². The van der Waals surface area contributed by atoms with Crippen LogP contribution in [0.4, 0.5) is 17.6 Å². The van der Waals surface area contributed by atoms with E-state index < -0.39 is 0 Å². The highest BCUT2D eigenvalue weighted by Gasteiger charge is 2.30. The van der Waals surface area contributed by atoms with Crippen LogP contribution in [0, 0.1) is 5.92 Å². The number of hydrogen-bond donors (Lipinski definition) is 2. The van der Waals surface area contributed by atoms with E-state index in [-0.39, 0.29) is 11.9 Å². The molecular weight excluding hydrogens is 308 g/mol. The fraction of sp³-hybridized carbons (Fsp3) is 0.500. The number of H-pyrrole nitrogens is 1. The molecule has 2 aromatic heterocycles. The summed E-state index contributed by atoms with van der Waals surface area (Å²) in [7, 11) is 1.42. The van der Waals surface area contributed by atoms with E-state index in [0.29, 0.717) is 24.2 Å². The lowest BCUT2D eigenvalue weighted by Gasteiger charge is -2.16. The van der Waals surface area contributed by atoms with Gasteiger partial charge in [-0.3, -0.25) is 9.89 Å². The number of esters is 1. The summed E-state index contributed by atoms with van der Waals surface area (Å²) in [6.07, 6.45) is 4.94. The maximum Gasteiger partial charge on any atom is 0.310 e. The quantitative estimate of drug-likeness (QED) is 0.808. The highest BCUT2D eigenvalue weighted by atomic mass is 16.5. The Balaban J connectivity index is 1.44. The highest BCUT2D eigenvalue weighted by molar-refractivity contribution is 5.73. The summed E-state index contributed by atoms with van der Waals surface area (Å²) in [5, 5.41) is 10.5. The van der Waals surface area contributed by atoms with Crippen LogP contribution < -0.4 is 10.2 Å². The molecule has 8 nitrogen and oxygen atoms in total. The Bertz CT molecular complexity index is 742. The number of methoxy groups -OCH3 is 1. The van der Waals surface area contributed by atoms with Crippen LogP contribution in [0.25, 0.3) is 0 Å². The molecular formula is C16H20N6O2. The molecule has 1 aliphatic carbocycles. The van der Waals surface area contributed by atoms with Gasteiger partial charge in [0.05, 0.1) is 13.0 Å². The van der Waals surface area contributed by atoms with Crippen LogP contribution >= 0.6 is 0 Å². The molecule has 1 atom stereocenters. The van der Waals surface area contributed by atoms with Crippen molar-refractivity contribution in [2.75, 3.05) is 30.4 Å². The molecule has 0 amide bonds. The number of aromatic nitrogens is 4. The van der Waals surface area contributed by atoms with Gasteiger partial charge >= 0.3 is 5.97 Å². The zero-order valence-corrected chi connectivity index (χ0v) is 13.5.